The third-order valence-electron chi connectivity index (χ3n) is 2.58. The van der Waals surface area contributed by atoms with E-state index in [1.165, 1.54) is 18.2 Å². The molecule has 0 spiro atoms. The number of aromatic carboxylic acids is 1. The first kappa shape index (κ1) is 13.7. The van der Waals surface area contributed by atoms with Crippen LogP contribution in [0.15, 0.2) is 30.3 Å². The largest absolute Gasteiger partial charge is 0.478 e. The molecule has 104 valence electrons. The number of nitrogens with one attached hydrogen (secondary N) is 1. The van der Waals surface area contributed by atoms with Crippen LogP contribution in [-0.4, -0.2) is 11.1 Å². The highest BCUT2D eigenvalue weighted by atomic mass is 19.2. The van der Waals surface area contributed by atoms with Gasteiger partial charge in [0.15, 0.2) is 11.6 Å². The molecule has 0 heterocycles. The summed E-state index contributed by atoms with van der Waals surface area (Å²) in [7, 11) is 0. The van der Waals surface area contributed by atoms with Gasteiger partial charge in [0.25, 0.3) is 0 Å². The standard InChI is InChI=1S/C13H9F3N2O2/c14-7-4-9(16)11(5-8(7)15)18-12-3-6(13(19)20)1-2-10(12)17/h1-5,18H,17H2,(H,19,20). The Bertz CT molecular complexity index is 690. The Morgan fingerprint density at radius 2 is 1.65 bits per heavy atom. The Labute approximate surface area is 111 Å². The lowest BCUT2D eigenvalue weighted by Gasteiger charge is -2.11. The van der Waals surface area contributed by atoms with E-state index >= 15 is 0 Å². The van der Waals surface area contributed by atoms with E-state index in [0.29, 0.717) is 12.1 Å². The Balaban J connectivity index is 2.42. The normalized spacial score (nSPS) is 10.3. The molecular formula is C13H9F3N2O2. The summed E-state index contributed by atoms with van der Waals surface area (Å²) in [6, 6.07) is 4.75. The van der Waals surface area contributed by atoms with Gasteiger partial charge < -0.3 is 16.2 Å². The maximum absolute atomic E-state index is 13.5. The van der Waals surface area contributed by atoms with Crippen molar-refractivity contribution in [2.24, 2.45) is 0 Å². The highest BCUT2D eigenvalue weighted by Crippen LogP contribution is 2.27. The molecule has 0 fully saturated rings. The number of halogens is 3. The van der Waals surface area contributed by atoms with Gasteiger partial charge in [-0.1, -0.05) is 0 Å². The van der Waals surface area contributed by atoms with Crippen LogP contribution in [0.3, 0.4) is 0 Å². The summed E-state index contributed by atoms with van der Waals surface area (Å²) in [5, 5.41) is 11.3. The van der Waals surface area contributed by atoms with Crippen LogP contribution in [0.1, 0.15) is 10.4 Å². The van der Waals surface area contributed by atoms with Gasteiger partial charge in [0.1, 0.15) is 5.82 Å². The summed E-state index contributed by atoms with van der Waals surface area (Å²) in [5.74, 6) is -4.77. The highest BCUT2D eigenvalue weighted by molar-refractivity contribution is 5.91. The van der Waals surface area contributed by atoms with Gasteiger partial charge in [0, 0.05) is 12.1 Å². The molecular weight excluding hydrogens is 273 g/mol. The first-order chi connectivity index (χ1) is 9.38. The summed E-state index contributed by atoms with van der Waals surface area (Å²) >= 11 is 0. The second kappa shape index (κ2) is 5.12. The Morgan fingerprint density at radius 3 is 2.30 bits per heavy atom. The van der Waals surface area contributed by atoms with Crippen LogP contribution in [-0.2, 0) is 0 Å². The molecule has 0 amide bonds. The minimum Gasteiger partial charge on any atom is -0.478 e. The van der Waals surface area contributed by atoms with Gasteiger partial charge in [-0.25, -0.2) is 18.0 Å². The van der Waals surface area contributed by atoms with Crippen molar-refractivity contribution in [2.45, 2.75) is 0 Å². The molecule has 0 unspecified atom stereocenters. The van der Waals surface area contributed by atoms with Crippen molar-refractivity contribution in [3.63, 3.8) is 0 Å². The molecule has 0 atom stereocenters. The number of carboxylic acids is 1. The zero-order chi connectivity index (χ0) is 14.9. The van der Waals surface area contributed by atoms with E-state index < -0.39 is 23.4 Å². The zero-order valence-electron chi connectivity index (χ0n) is 9.95. The van der Waals surface area contributed by atoms with Crippen LogP contribution in [0.4, 0.5) is 30.2 Å². The van der Waals surface area contributed by atoms with E-state index in [1.54, 1.807) is 0 Å². The molecule has 0 aliphatic rings. The number of carbonyl (C=O) groups is 1. The van der Waals surface area contributed by atoms with Crippen molar-refractivity contribution in [3.8, 4) is 0 Å². The monoisotopic (exact) mass is 282 g/mol. The van der Waals surface area contributed by atoms with Crippen LogP contribution in [0.25, 0.3) is 0 Å². The fraction of sp³-hybridized carbons (Fsp3) is 0. The lowest BCUT2D eigenvalue weighted by Crippen LogP contribution is -2.03. The van der Waals surface area contributed by atoms with Crippen LogP contribution in [0.2, 0.25) is 0 Å². The van der Waals surface area contributed by atoms with E-state index in [1.807, 2.05) is 0 Å². The molecule has 4 N–H and O–H groups in total. The van der Waals surface area contributed by atoms with Crippen molar-refractivity contribution in [1.82, 2.24) is 0 Å². The summed E-state index contributed by atoms with van der Waals surface area (Å²) in [6.07, 6.45) is 0. The number of hydrogen-bond donors (Lipinski definition) is 3. The molecule has 0 saturated heterocycles. The maximum atomic E-state index is 13.5. The third-order valence-corrected chi connectivity index (χ3v) is 2.58. The average Bonchev–Trinajstić information content (AvgIpc) is 2.38. The molecule has 20 heavy (non-hydrogen) atoms. The van der Waals surface area contributed by atoms with Gasteiger partial charge in [-0.2, -0.15) is 0 Å². The van der Waals surface area contributed by atoms with Gasteiger partial charge in [0.05, 0.1) is 22.6 Å². The van der Waals surface area contributed by atoms with Crippen molar-refractivity contribution >= 4 is 23.0 Å². The molecule has 2 aromatic carbocycles. The number of carboxylic acid groups (broad SMARTS) is 1. The predicted molar refractivity (Wildman–Crippen MR) is 67.4 cm³/mol. The lowest BCUT2D eigenvalue weighted by atomic mass is 10.1. The molecule has 0 bridgehead atoms. The van der Waals surface area contributed by atoms with Crippen LogP contribution in [0, 0.1) is 17.5 Å². The highest BCUT2D eigenvalue weighted by Gasteiger charge is 2.12. The molecule has 0 radical (unpaired) electrons. The summed E-state index contributed by atoms with van der Waals surface area (Å²) in [4.78, 5) is 10.8. The average molecular weight is 282 g/mol. The predicted octanol–water partition coefficient (Wildman–Crippen LogP) is 3.13. The SMILES string of the molecule is Nc1ccc(C(=O)O)cc1Nc1cc(F)c(F)cc1F. The Kier molecular flexibility index (Phi) is 3.51. The van der Waals surface area contributed by atoms with Crippen LogP contribution in [0.5, 0.6) is 0 Å². The smallest absolute Gasteiger partial charge is 0.335 e. The minimum absolute atomic E-state index is 0.0785. The lowest BCUT2D eigenvalue weighted by molar-refractivity contribution is 0.0697. The fourth-order valence-corrected chi connectivity index (χ4v) is 1.56. The number of rotatable bonds is 3. The fourth-order valence-electron chi connectivity index (χ4n) is 1.56. The van der Waals surface area contributed by atoms with Gasteiger partial charge in [-0.15, -0.1) is 0 Å². The molecule has 7 heteroatoms. The van der Waals surface area contributed by atoms with E-state index in [2.05, 4.69) is 5.32 Å². The van der Waals surface area contributed by atoms with Crippen molar-refractivity contribution in [1.29, 1.82) is 0 Å². The number of anilines is 3. The molecule has 4 nitrogen and oxygen atoms in total. The first-order valence-corrected chi connectivity index (χ1v) is 5.43. The van der Waals surface area contributed by atoms with Gasteiger partial charge in [0.2, 0.25) is 0 Å². The molecule has 2 rings (SSSR count). The summed E-state index contributed by atoms with van der Waals surface area (Å²) in [6.45, 7) is 0. The van der Waals surface area contributed by atoms with E-state index in [4.69, 9.17) is 10.8 Å². The van der Waals surface area contributed by atoms with Gasteiger partial charge in [-0.3, -0.25) is 0 Å². The summed E-state index contributed by atoms with van der Waals surface area (Å²) < 4.78 is 39.3. The molecule has 0 saturated carbocycles. The van der Waals surface area contributed by atoms with Crippen molar-refractivity contribution in [2.75, 3.05) is 11.1 Å². The van der Waals surface area contributed by atoms with Crippen LogP contribution >= 0.6 is 0 Å². The minimum atomic E-state index is -1.32. The van der Waals surface area contributed by atoms with Crippen molar-refractivity contribution < 1.29 is 23.1 Å². The first-order valence-electron chi connectivity index (χ1n) is 5.43. The van der Waals surface area contributed by atoms with Crippen molar-refractivity contribution in [3.05, 3.63) is 53.3 Å². The quantitative estimate of drug-likeness (QED) is 0.597. The number of nitrogens with two attached hydrogens (primary N) is 1. The molecule has 0 aromatic heterocycles. The van der Waals surface area contributed by atoms with E-state index in [9.17, 15) is 18.0 Å². The van der Waals surface area contributed by atoms with Gasteiger partial charge in [-0.05, 0) is 18.2 Å². The third kappa shape index (κ3) is 2.66. The topological polar surface area (TPSA) is 75.4 Å². The number of hydrogen-bond acceptors (Lipinski definition) is 3. The molecule has 0 aliphatic carbocycles. The van der Waals surface area contributed by atoms with E-state index in [-0.39, 0.29) is 22.6 Å². The second-order valence-corrected chi connectivity index (χ2v) is 3.98. The molecule has 0 aliphatic heterocycles. The second-order valence-electron chi connectivity index (χ2n) is 3.98. The Morgan fingerprint density at radius 1 is 1.00 bits per heavy atom. The van der Waals surface area contributed by atoms with Crippen LogP contribution < -0.4 is 11.1 Å². The zero-order valence-corrected chi connectivity index (χ0v) is 9.95. The maximum Gasteiger partial charge on any atom is 0.335 e. The number of benzene rings is 2. The van der Waals surface area contributed by atoms with Gasteiger partial charge >= 0.3 is 5.97 Å². The van der Waals surface area contributed by atoms with E-state index in [0.717, 1.165) is 0 Å². The Hall–Kier alpha value is -2.70. The number of nitrogen functional groups attached to an aromatic ring is 1. The molecule has 2 aromatic rings. The summed E-state index contributed by atoms with van der Waals surface area (Å²) in [5.41, 5.74) is 5.40.